The number of ether oxygens (including phenoxy) is 1. The van der Waals surface area contributed by atoms with Crippen LogP contribution in [0.2, 0.25) is 0 Å². The van der Waals surface area contributed by atoms with Crippen molar-refractivity contribution in [2.75, 3.05) is 20.2 Å². The van der Waals surface area contributed by atoms with Crippen LogP contribution in [0.5, 0.6) is 5.75 Å². The SMILES string of the molecule is COc1ccc(C(=O)C2CCN(C(=O)CC(C)C)CC2)cc1C. The molecule has 4 heteroatoms. The lowest BCUT2D eigenvalue weighted by atomic mass is 9.88. The van der Waals surface area contributed by atoms with Gasteiger partial charge in [0.25, 0.3) is 0 Å². The lowest BCUT2D eigenvalue weighted by Crippen LogP contribution is -2.40. The van der Waals surface area contributed by atoms with E-state index in [9.17, 15) is 9.59 Å². The normalized spacial score (nSPS) is 15.8. The Bertz CT molecular complexity index is 572. The standard InChI is InChI=1S/C19H27NO3/c1-13(2)11-18(21)20-9-7-15(8-10-20)19(22)16-5-6-17(23-4)14(3)12-16/h5-6,12-13,15H,7-11H2,1-4H3. The number of hydrogen-bond donors (Lipinski definition) is 0. The number of carbonyl (C=O) groups excluding carboxylic acids is 2. The summed E-state index contributed by atoms with van der Waals surface area (Å²) in [6.07, 6.45) is 2.11. The first-order valence-corrected chi connectivity index (χ1v) is 8.39. The molecule has 1 heterocycles. The van der Waals surface area contributed by atoms with Crippen LogP contribution in [0.4, 0.5) is 0 Å². The molecule has 2 rings (SSSR count). The topological polar surface area (TPSA) is 46.6 Å². The van der Waals surface area contributed by atoms with Gasteiger partial charge >= 0.3 is 0 Å². The highest BCUT2D eigenvalue weighted by molar-refractivity contribution is 5.98. The summed E-state index contributed by atoms with van der Waals surface area (Å²) in [5.74, 6) is 1.60. The van der Waals surface area contributed by atoms with Crippen LogP contribution in [0.1, 0.15) is 49.0 Å². The molecule has 0 bridgehead atoms. The first kappa shape index (κ1) is 17.5. The van der Waals surface area contributed by atoms with Gasteiger partial charge in [-0.25, -0.2) is 0 Å². The van der Waals surface area contributed by atoms with Crippen LogP contribution in [0.3, 0.4) is 0 Å². The molecule has 0 saturated carbocycles. The lowest BCUT2D eigenvalue weighted by Gasteiger charge is -2.32. The molecule has 1 aromatic carbocycles. The van der Waals surface area contributed by atoms with Crippen molar-refractivity contribution in [2.24, 2.45) is 11.8 Å². The van der Waals surface area contributed by atoms with Gasteiger partial charge in [0.15, 0.2) is 5.78 Å². The van der Waals surface area contributed by atoms with E-state index in [1.165, 1.54) is 0 Å². The molecule has 1 amide bonds. The van der Waals surface area contributed by atoms with Gasteiger partial charge in [0.1, 0.15) is 5.75 Å². The summed E-state index contributed by atoms with van der Waals surface area (Å²) in [4.78, 5) is 26.7. The molecule has 1 aliphatic heterocycles. The van der Waals surface area contributed by atoms with E-state index in [0.29, 0.717) is 25.4 Å². The van der Waals surface area contributed by atoms with E-state index in [1.807, 2.05) is 30.0 Å². The summed E-state index contributed by atoms with van der Waals surface area (Å²) in [7, 11) is 1.63. The van der Waals surface area contributed by atoms with E-state index in [-0.39, 0.29) is 17.6 Å². The minimum atomic E-state index is 0.0193. The van der Waals surface area contributed by atoms with Crippen molar-refractivity contribution >= 4 is 11.7 Å². The summed E-state index contributed by atoms with van der Waals surface area (Å²) < 4.78 is 5.24. The quantitative estimate of drug-likeness (QED) is 0.781. The van der Waals surface area contributed by atoms with Gasteiger partial charge in [0, 0.05) is 31.0 Å². The van der Waals surface area contributed by atoms with Crippen molar-refractivity contribution in [3.8, 4) is 5.75 Å². The summed E-state index contributed by atoms with van der Waals surface area (Å²) in [6.45, 7) is 7.44. The molecule has 126 valence electrons. The predicted molar refractivity (Wildman–Crippen MR) is 90.8 cm³/mol. The molecule has 0 N–H and O–H groups in total. The van der Waals surface area contributed by atoms with Crippen LogP contribution in [-0.4, -0.2) is 36.8 Å². The number of aryl methyl sites for hydroxylation is 1. The Hall–Kier alpha value is -1.84. The number of piperidine rings is 1. The monoisotopic (exact) mass is 317 g/mol. The van der Waals surface area contributed by atoms with Gasteiger partial charge in [-0.15, -0.1) is 0 Å². The van der Waals surface area contributed by atoms with E-state index in [1.54, 1.807) is 7.11 Å². The Morgan fingerprint density at radius 2 is 1.91 bits per heavy atom. The number of Topliss-reactive ketones (excluding diaryl/α,β-unsaturated/α-hetero) is 1. The third kappa shape index (κ3) is 4.34. The fraction of sp³-hybridized carbons (Fsp3) is 0.579. The smallest absolute Gasteiger partial charge is 0.222 e. The highest BCUT2D eigenvalue weighted by atomic mass is 16.5. The van der Waals surface area contributed by atoms with Crippen LogP contribution in [0, 0.1) is 18.8 Å². The van der Waals surface area contributed by atoms with Gasteiger partial charge in [-0.2, -0.15) is 0 Å². The van der Waals surface area contributed by atoms with Crippen molar-refractivity contribution < 1.29 is 14.3 Å². The van der Waals surface area contributed by atoms with Crippen molar-refractivity contribution in [1.29, 1.82) is 0 Å². The molecular formula is C19H27NO3. The number of methoxy groups -OCH3 is 1. The van der Waals surface area contributed by atoms with E-state index < -0.39 is 0 Å². The summed E-state index contributed by atoms with van der Waals surface area (Å²) in [5.41, 5.74) is 1.72. The zero-order valence-electron chi connectivity index (χ0n) is 14.6. The van der Waals surface area contributed by atoms with Gasteiger partial charge in [-0.1, -0.05) is 13.8 Å². The van der Waals surface area contributed by atoms with Gasteiger partial charge in [-0.05, 0) is 49.4 Å². The Labute approximate surface area is 138 Å². The second-order valence-electron chi connectivity index (χ2n) is 6.80. The Kier molecular flexibility index (Phi) is 5.80. The highest BCUT2D eigenvalue weighted by Crippen LogP contribution is 2.25. The Balaban J connectivity index is 1.96. The molecule has 1 aromatic rings. The second kappa shape index (κ2) is 7.62. The molecule has 23 heavy (non-hydrogen) atoms. The first-order chi connectivity index (χ1) is 10.9. The summed E-state index contributed by atoms with van der Waals surface area (Å²) in [6, 6.07) is 5.59. The van der Waals surface area contributed by atoms with Crippen LogP contribution in [-0.2, 0) is 4.79 Å². The number of hydrogen-bond acceptors (Lipinski definition) is 3. The molecule has 4 nitrogen and oxygen atoms in total. The molecule has 0 aliphatic carbocycles. The first-order valence-electron chi connectivity index (χ1n) is 8.39. The molecule has 1 saturated heterocycles. The van der Waals surface area contributed by atoms with E-state index in [4.69, 9.17) is 4.74 Å². The van der Waals surface area contributed by atoms with Gasteiger partial charge in [-0.3, -0.25) is 9.59 Å². The predicted octanol–water partition coefficient (Wildman–Crippen LogP) is 3.47. The van der Waals surface area contributed by atoms with Crippen LogP contribution < -0.4 is 4.74 Å². The average Bonchev–Trinajstić information content (AvgIpc) is 2.53. The fourth-order valence-electron chi connectivity index (χ4n) is 3.14. The van der Waals surface area contributed by atoms with Crippen LogP contribution in [0.15, 0.2) is 18.2 Å². The lowest BCUT2D eigenvalue weighted by molar-refractivity contribution is -0.133. The van der Waals surface area contributed by atoms with Gasteiger partial charge < -0.3 is 9.64 Å². The van der Waals surface area contributed by atoms with Crippen LogP contribution >= 0.6 is 0 Å². The van der Waals surface area contributed by atoms with E-state index in [2.05, 4.69) is 13.8 Å². The zero-order chi connectivity index (χ0) is 17.0. The summed E-state index contributed by atoms with van der Waals surface area (Å²) in [5, 5.41) is 0. The van der Waals surface area contributed by atoms with Gasteiger partial charge in [0.05, 0.1) is 7.11 Å². The fourth-order valence-corrected chi connectivity index (χ4v) is 3.14. The minimum absolute atomic E-state index is 0.0193. The highest BCUT2D eigenvalue weighted by Gasteiger charge is 2.28. The number of amides is 1. The largest absolute Gasteiger partial charge is 0.496 e. The number of rotatable bonds is 5. The molecule has 0 spiro atoms. The zero-order valence-corrected chi connectivity index (χ0v) is 14.6. The van der Waals surface area contributed by atoms with Crippen molar-refractivity contribution in [2.45, 2.75) is 40.0 Å². The van der Waals surface area contributed by atoms with E-state index in [0.717, 1.165) is 29.7 Å². The van der Waals surface area contributed by atoms with Gasteiger partial charge in [0.2, 0.25) is 5.91 Å². The molecule has 1 aliphatic rings. The summed E-state index contributed by atoms with van der Waals surface area (Å²) >= 11 is 0. The maximum Gasteiger partial charge on any atom is 0.222 e. The number of benzene rings is 1. The second-order valence-corrected chi connectivity index (χ2v) is 6.80. The number of ketones is 1. The van der Waals surface area contributed by atoms with E-state index >= 15 is 0 Å². The molecule has 0 aromatic heterocycles. The third-order valence-corrected chi connectivity index (χ3v) is 4.48. The molecule has 0 unspecified atom stereocenters. The third-order valence-electron chi connectivity index (χ3n) is 4.48. The average molecular weight is 317 g/mol. The van der Waals surface area contributed by atoms with Crippen LogP contribution in [0.25, 0.3) is 0 Å². The Morgan fingerprint density at radius 3 is 2.43 bits per heavy atom. The maximum absolute atomic E-state index is 12.7. The Morgan fingerprint density at radius 1 is 1.26 bits per heavy atom. The molecular weight excluding hydrogens is 290 g/mol. The number of likely N-dealkylation sites (tertiary alicyclic amines) is 1. The number of carbonyl (C=O) groups is 2. The van der Waals surface area contributed by atoms with Crippen molar-refractivity contribution in [3.05, 3.63) is 29.3 Å². The minimum Gasteiger partial charge on any atom is -0.496 e. The molecule has 1 fully saturated rings. The number of nitrogens with zero attached hydrogens (tertiary/aromatic N) is 1. The maximum atomic E-state index is 12.7. The molecule has 0 atom stereocenters. The van der Waals surface area contributed by atoms with Crippen molar-refractivity contribution in [1.82, 2.24) is 4.90 Å². The van der Waals surface area contributed by atoms with Crippen molar-refractivity contribution in [3.63, 3.8) is 0 Å². The molecule has 0 radical (unpaired) electrons.